The smallest absolute Gasteiger partial charge is 0.215 e. The first-order valence-corrected chi connectivity index (χ1v) is 8.71. The summed E-state index contributed by atoms with van der Waals surface area (Å²) >= 11 is 0. The largest absolute Gasteiger partial charge is 0.391 e. The van der Waals surface area contributed by atoms with Crippen molar-refractivity contribution in [1.29, 1.82) is 5.26 Å². The summed E-state index contributed by atoms with van der Waals surface area (Å²) in [4.78, 5) is 0. The van der Waals surface area contributed by atoms with Gasteiger partial charge < -0.3 is 5.11 Å². The maximum absolute atomic E-state index is 12.0. The van der Waals surface area contributed by atoms with Gasteiger partial charge in [0.15, 0.2) is 0 Å². The van der Waals surface area contributed by atoms with Crippen LogP contribution in [0.25, 0.3) is 0 Å². The number of rotatable bonds is 8. The second-order valence-corrected chi connectivity index (χ2v) is 6.87. The molecular formula is C15H22N2O3S. The molecule has 1 aromatic rings. The molecule has 0 fully saturated rings. The number of nitrogens with one attached hydrogen (secondary N) is 1. The normalized spacial score (nSPS) is 13.1. The third kappa shape index (κ3) is 5.84. The molecule has 0 aromatic heterocycles. The number of benzene rings is 1. The highest BCUT2D eigenvalue weighted by Gasteiger charge is 2.19. The Hall–Kier alpha value is -1.42. The molecule has 1 atom stereocenters. The van der Waals surface area contributed by atoms with E-state index in [-0.39, 0.29) is 18.2 Å². The van der Waals surface area contributed by atoms with E-state index in [9.17, 15) is 13.5 Å². The molecule has 1 rings (SSSR count). The Morgan fingerprint density at radius 3 is 2.57 bits per heavy atom. The van der Waals surface area contributed by atoms with Gasteiger partial charge in [-0.15, -0.1) is 0 Å². The molecule has 0 heterocycles. The monoisotopic (exact) mass is 310 g/mol. The lowest BCUT2D eigenvalue weighted by atomic mass is 9.97. The maximum atomic E-state index is 12.0. The van der Waals surface area contributed by atoms with Crippen molar-refractivity contribution in [3.05, 3.63) is 35.4 Å². The van der Waals surface area contributed by atoms with Gasteiger partial charge in [-0.25, -0.2) is 13.1 Å². The number of aliphatic hydroxyl groups is 1. The first kappa shape index (κ1) is 17.6. The van der Waals surface area contributed by atoms with Crippen LogP contribution >= 0.6 is 0 Å². The van der Waals surface area contributed by atoms with Gasteiger partial charge in [0.05, 0.1) is 23.5 Å². The van der Waals surface area contributed by atoms with Crippen LogP contribution in [0.1, 0.15) is 37.8 Å². The van der Waals surface area contributed by atoms with E-state index in [4.69, 9.17) is 5.26 Å². The van der Waals surface area contributed by atoms with Crippen LogP contribution < -0.4 is 4.72 Å². The number of aliphatic hydroxyl groups excluding tert-OH is 1. The van der Waals surface area contributed by atoms with E-state index in [0.717, 1.165) is 12.8 Å². The van der Waals surface area contributed by atoms with E-state index in [1.807, 2.05) is 19.9 Å². The van der Waals surface area contributed by atoms with Crippen LogP contribution in [0.5, 0.6) is 0 Å². The molecule has 0 saturated heterocycles. The van der Waals surface area contributed by atoms with Gasteiger partial charge in [-0.1, -0.05) is 38.8 Å². The van der Waals surface area contributed by atoms with Gasteiger partial charge in [0.2, 0.25) is 10.0 Å². The minimum absolute atomic E-state index is 0.0205. The summed E-state index contributed by atoms with van der Waals surface area (Å²) in [5.41, 5.74) is 0.985. The second kappa shape index (κ2) is 8.13. The van der Waals surface area contributed by atoms with Gasteiger partial charge in [0, 0.05) is 6.54 Å². The molecule has 0 radical (unpaired) electrons. The highest BCUT2D eigenvalue weighted by Crippen LogP contribution is 2.13. The van der Waals surface area contributed by atoms with Crippen molar-refractivity contribution in [3.8, 4) is 6.07 Å². The average molecular weight is 310 g/mol. The van der Waals surface area contributed by atoms with Crippen LogP contribution in [0.2, 0.25) is 0 Å². The molecule has 21 heavy (non-hydrogen) atoms. The van der Waals surface area contributed by atoms with Crippen molar-refractivity contribution >= 4 is 10.0 Å². The van der Waals surface area contributed by atoms with Gasteiger partial charge in [-0.05, 0) is 23.6 Å². The fourth-order valence-electron chi connectivity index (χ4n) is 2.21. The topological polar surface area (TPSA) is 90.2 Å². The van der Waals surface area contributed by atoms with E-state index in [2.05, 4.69) is 4.72 Å². The lowest BCUT2D eigenvalue weighted by molar-refractivity contribution is 0.107. The van der Waals surface area contributed by atoms with Crippen LogP contribution in [0, 0.1) is 17.2 Å². The van der Waals surface area contributed by atoms with Crippen LogP contribution in [0.4, 0.5) is 0 Å². The summed E-state index contributed by atoms with van der Waals surface area (Å²) < 4.78 is 26.4. The van der Waals surface area contributed by atoms with Crippen molar-refractivity contribution < 1.29 is 13.5 Å². The molecule has 5 nitrogen and oxygen atoms in total. The Kier molecular flexibility index (Phi) is 6.82. The number of hydrogen-bond acceptors (Lipinski definition) is 4. The summed E-state index contributed by atoms with van der Waals surface area (Å²) in [5, 5.41) is 18.8. The van der Waals surface area contributed by atoms with Gasteiger partial charge >= 0.3 is 0 Å². The summed E-state index contributed by atoms with van der Waals surface area (Å²) in [6.45, 7) is 3.96. The fourth-order valence-corrected chi connectivity index (χ4v) is 3.36. The van der Waals surface area contributed by atoms with E-state index in [1.54, 1.807) is 24.3 Å². The molecule has 2 N–H and O–H groups in total. The first-order chi connectivity index (χ1) is 9.91. The highest BCUT2D eigenvalue weighted by atomic mass is 32.2. The van der Waals surface area contributed by atoms with Crippen LogP contribution in [-0.2, 0) is 15.8 Å². The molecule has 0 saturated carbocycles. The van der Waals surface area contributed by atoms with Gasteiger partial charge in [-0.3, -0.25) is 0 Å². The van der Waals surface area contributed by atoms with E-state index in [1.165, 1.54) is 0 Å². The van der Waals surface area contributed by atoms with Crippen molar-refractivity contribution in [1.82, 2.24) is 4.72 Å². The number of nitriles is 1. The Labute approximate surface area is 126 Å². The standard InChI is InChI=1S/C15H22N2O3S/c1-3-14(4-2)15(18)10-17-21(19,20)11-13-7-5-6-12(8-13)9-16/h5-8,14-15,17-18H,3-4,10-11H2,1-2H3. The molecular weight excluding hydrogens is 288 g/mol. The zero-order valence-corrected chi connectivity index (χ0v) is 13.2. The summed E-state index contributed by atoms with van der Waals surface area (Å²) in [7, 11) is -3.52. The molecule has 116 valence electrons. The van der Waals surface area contributed by atoms with Gasteiger partial charge in [0.1, 0.15) is 0 Å². The molecule has 0 spiro atoms. The van der Waals surface area contributed by atoms with Crippen LogP contribution in [0.15, 0.2) is 24.3 Å². The minimum Gasteiger partial charge on any atom is -0.391 e. The molecule has 0 aliphatic rings. The summed E-state index contributed by atoms with van der Waals surface area (Å²) in [6, 6.07) is 8.48. The summed E-state index contributed by atoms with van der Waals surface area (Å²) in [6.07, 6.45) is 0.938. The Bertz CT molecular complexity index is 589. The third-order valence-electron chi connectivity index (χ3n) is 3.52. The quantitative estimate of drug-likeness (QED) is 0.765. The average Bonchev–Trinajstić information content (AvgIpc) is 2.46. The molecule has 0 aliphatic heterocycles. The van der Waals surface area contributed by atoms with Crippen molar-refractivity contribution in [3.63, 3.8) is 0 Å². The number of sulfonamides is 1. The fraction of sp³-hybridized carbons (Fsp3) is 0.533. The Morgan fingerprint density at radius 2 is 2.00 bits per heavy atom. The van der Waals surface area contributed by atoms with E-state index >= 15 is 0 Å². The number of nitrogens with zero attached hydrogens (tertiary/aromatic N) is 1. The van der Waals surface area contributed by atoms with Gasteiger partial charge in [-0.2, -0.15) is 5.26 Å². The number of hydrogen-bond donors (Lipinski definition) is 2. The molecule has 0 amide bonds. The van der Waals surface area contributed by atoms with Crippen LogP contribution in [-0.4, -0.2) is 26.2 Å². The highest BCUT2D eigenvalue weighted by molar-refractivity contribution is 7.88. The molecule has 6 heteroatoms. The molecule has 0 bridgehead atoms. The summed E-state index contributed by atoms with van der Waals surface area (Å²) in [5.74, 6) is -0.104. The maximum Gasteiger partial charge on any atom is 0.215 e. The second-order valence-electron chi connectivity index (χ2n) is 5.06. The Balaban J connectivity index is 2.64. The van der Waals surface area contributed by atoms with Crippen molar-refractivity contribution in [2.45, 2.75) is 38.5 Å². The van der Waals surface area contributed by atoms with Crippen LogP contribution in [0.3, 0.4) is 0 Å². The first-order valence-electron chi connectivity index (χ1n) is 7.06. The molecule has 1 unspecified atom stereocenters. The predicted molar refractivity (Wildman–Crippen MR) is 81.9 cm³/mol. The Morgan fingerprint density at radius 1 is 1.33 bits per heavy atom. The lowest BCUT2D eigenvalue weighted by Crippen LogP contribution is -2.36. The molecule has 0 aliphatic carbocycles. The predicted octanol–water partition coefficient (Wildman–Crippen LogP) is 1.77. The zero-order chi connectivity index (χ0) is 15.9. The molecule has 1 aromatic carbocycles. The third-order valence-corrected chi connectivity index (χ3v) is 4.84. The lowest BCUT2D eigenvalue weighted by Gasteiger charge is -2.20. The minimum atomic E-state index is -3.52. The van der Waals surface area contributed by atoms with Gasteiger partial charge in [0.25, 0.3) is 0 Å². The SMILES string of the molecule is CCC(CC)C(O)CNS(=O)(=O)Cc1cccc(C#N)c1. The van der Waals surface area contributed by atoms with E-state index < -0.39 is 16.1 Å². The van der Waals surface area contributed by atoms with Crippen molar-refractivity contribution in [2.24, 2.45) is 5.92 Å². The van der Waals surface area contributed by atoms with Crippen molar-refractivity contribution in [2.75, 3.05) is 6.54 Å². The zero-order valence-electron chi connectivity index (χ0n) is 12.4. The van der Waals surface area contributed by atoms with E-state index in [0.29, 0.717) is 11.1 Å².